The number of methoxy groups -OCH3 is 1. The molecule has 3 aromatic carbocycles. The molecule has 0 bridgehead atoms. The van der Waals surface area contributed by atoms with Crippen molar-refractivity contribution in [1.29, 1.82) is 0 Å². The van der Waals surface area contributed by atoms with E-state index in [0.717, 1.165) is 22.5 Å². The number of halogens is 1. The van der Waals surface area contributed by atoms with Gasteiger partial charge in [-0.2, -0.15) is 0 Å². The Bertz CT molecular complexity index is 1310. The zero-order chi connectivity index (χ0) is 23.4. The predicted molar refractivity (Wildman–Crippen MR) is 133 cm³/mol. The quantitative estimate of drug-likeness (QED) is 0.348. The maximum absolute atomic E-state index is 12.9. The fourth-order valence-electron chi connectivity index (χ4n) is 3.40. The van der Waals surface area contributed by atoms with Gasteiger partial charge in [0.2, 0.25) is 0 Å². The Labute approximate surface area is 197 Å². The van der Waals surface area contributed by atoms with Crippen LogP contribution >= 0.6 is 11.6 Å². The van der Waals surface area contributed by atoms with E-state index in [1.165, 1.54) is 7.11 Å². The Morgan fingerprint density at radius 3 is 2.48 bits per heavy atom. The van der Waals surface area contributed by atoms with Crippen LogP contribution in [0, 0.1) is 13.8 Å². The number of amides is 1. The molecule has 1 heterocycles. The van der Waals surface area contributed by atoms with E-state index < -0.39 is 0 Å². The van der Waals surface area contributed by atoms with Gasteiger partial charge in [0, 0.05) is 34.0 Å². The second-order valence-corrected chi connectivity index (χ2v) is 7.92. The van der Waals surface area contributed by atoms with Crippen LogP contribution in [0.3, 0.4) is 0 Å². The number of rotatable bonds is 6. The summed E-state index contributed by atoms with van der Waals surface area (Å²) in [6.07, 6.45) is 0. The third-order valence-corrected chi connectivity index (χ3v) is 5.44. The van der Waals surface area contributed by atoms with Gasteiger partial charge in [-0.25, -0.2) is 9.97 Å². The molecule has 33 heavy (non-hydrogen) atoms. The van der Waals surface area contributed by atoms with Crippen molar-refractivity contribution < 1.29 is 9.53 Å². The van der Waals surface area contributed by atoms with Crippen molar-refractivity contribution in [3.63, 3.8) is 0 Å². The number of nitrogens with one attached hydrogen (secondary N) is 2. The van der Waals surface area contributed by atoms with Crippen LogP contribution in [0.4, 0.5) is 17.2 Å². The molecule has 1 aromatic heterocycles. The Hall–Kier alpha value is -3.90. The van der Waals surface area contributed by atoms with E-state index in [1.807, 2.05) is 62.4 Å². The van der Waals surface area contributed by atoms with Crippen molar-refractivity contribution in [3.8, 4) is 17.0 Å². The van der Waals surface area contributed by atoms with Crippen LogP contribution in [0.5, 0.6) is 5.75 Å². The van der Waals surface area contributed by atoms with Crippen LogP contribution in [0.2, 0.25) is 5.02 Å². The highest BCUT2D eigenvalue weighted by atomic mass is 35.5. The molecule has 0 fully saturated rings. The van der Waals surface area contributed by atoms with E-state index in [2.05, 4.69) is 20.6 Å². The first-order valence-corrected chi connectivity index (χ1v) is 10.7. The van der Waals surface area contributed by atoms with Crippen molar-refractivity contribution in [2.45, 2.75) is 13.8 Å². The third kappa shape index (κ3) is 5.30. The maximum atomic E-state index is 12.9. The van der Waals surface area contributed by atoms with Gasteiger partial charge in [-0.05, 0) is 43.7 Å². The maximum Gasteiger partial charge on any atom is 0.255 e. The summed E-state index contributed by atoms with van der Waals surface area (Å²) < 4.78 is 5.35. The Kier molecular flexibility index (Phi) is 6.56. The number of ether oxygens (including phenoxy) is 1. The minimum Gasteiger partial charge on any atom is -0.495 e. The molecule has 0 saturated carbocycles. The van der Waals surface area contributed by atoms with E-state index in [4.69, 9.17) is 16.3 Å². The summed E-state index contributed by atoms with van der Waals surface area (Å²) in [4.78, 5) is 21.9. The molecule has 6 nitrogen and oxygen atoms in total. The van der Waals surface area contributed by atoms with Gasteiger partial charge in [-0.15, -0.1) is 0 Å². The summed E-state index contributed by atoms with van der Waals surface area (Å²) in [5.41, 5.74) is 4.46. The summed E-state index contributed by atoms with van der Waals surface area (Å²) in [5, 5.41) is 6.76. The number of hydrogen-bond acceptors (Lipinski definition) is 5. The molecule has 1 amide bonds. The lowest BCUT2D eigenvalue weighted by molar-refractivity contribution is 0.102. The van der Waals surface area contributed by atoms with Gasteiger partial charge in [-0.1, -0.05) is 48.0 Å². The van der Waals surface area contributed by atoms with Crippen LogP contribution in [-0.2, 0) is 0 Å². The van der Waals surface area contributed by atoms with Gasteiger partial charge in [0.05, 0.1) is 18.5 Å². The van der Waals surface area contributed by atoms with Crippen molar-refractivity contribution in [2.24, 2.45) is 0 Å². The van der Waals surface area contributed by atoms with Gasteiger partial charge >= 0.3 is 0 Å². The molecular formula is C26H23ClN4O2. The van der Waals surface area contributed by atoms with Crippen molar-refractivity contribution in [1.82, 2.24) is 9.97 Å². The number of carbonyl (C=O) groups is 1. The minimum atomic E-state index is -0.262. The summed E-state index contributed by atoms with van der Waals surface area (Å²) in [7, 11) is 1.54. The number of anilines is 3. The number of nitrogens with zero attached hydrogens (tertiary/aromatic N) is 2. The minimum absolute atomic E-state index is 0.262. The molecule has 2 N–H and O–H groups in total. The number of benzene rings is 3. The SMILES string of the molecule is COc1cc(Cl)c(C)cc1NC(=O)c1cccc(Nc2cc(-c3ccccc3)nc(C)n2)c1. The van der Waals surface area contributed by atoms with Crippen molar-refractivity contribution >= 4 is 34.7 Å². The highest BCUT2D eigenvalue weighted by Crippen LogP contribution is 2.31. The van der Waals surface area contributed by atoms with Gasteiger partial charge in [0.25, 0.3) is 5.91 Å². The summed E-state index contributed by atoms with van der Waals surface area (Å²) >= 11 is 6.17. The fraction of sp³-hybridized carbons (Fsp3) is 0.115. The molecule has 0 aliphatic heterocycles. The molecule has 4 aromatic rings. The predicted octanol–water partition coefficient (Wildman–Crippen LogP) is 6.42. The second-order valence-electron chi connectivity index (χ2n) is 7.51. The van der Waals surface area contributed by atoms with Gasteiger partial charge < -0.3 is 15.4 Å². The number of aryl methyl sites for hydroxylation is 2. The Morgan fingerprint density at radius 1 is 0.939 bits per heavy atom. The van der Waals surface area contributed by atoms with Gasteiger partial charge in [0.15, 0.2) is 0 Å². The first kappa shape index (κ1) is 22.3. The fourth-order valence-corrected chi connectivity index (χ4v) is 3.55. The number of hydrogen-bond donors (Lipinski definition) is 2. The van der Waals surface area contributed by atoms with Crippen LogP contribution in [0.15, 0.2) is 72.8 Å². The molecule has 0 spiro atoms. The molecule has 166 valence electrons. The molecule has 0 saturated heterocycles. The number of aromatic nitrogens is 2. The van der Waals surface area contributed by atoms with Crippen LogP contribution in [0.25, 0.3) is 11.3 Å². The first-order valence-electron chi connectivity index (χ1n) is 10.4. The highest BCUT2D eigenvalue weighted by molar-refractivity contribution is 6.31. The molecular weight excluding hydrogens is 436 g/mol. The van der Waals surface area contributed by atoms with Crippen LogP contribution in [0.1, 0.15) is 21.7 Å². The van der Waals surface area contributed by atoms with E-state index in [-0.39, 0.29) is 5.91 Å². The molecule has 0 radical (unpaired) electrons. The van der Waals surface area contributed by atoms with Gasteiger partial charge in [0.1, 0.15) is 17.4 Å². The summed E-state index contributed by atoms with van der Waals surface area (Å²) in [5.74, 6) is 1.53. The summed E-state index contributed by atoms with van der Waals surface area (Å²) in [6, 6.07) is 22.5. The molecule has 0 unspecified atom stereocenters. The van der Waals surface area contributed by atoms with E-state index in [9.17, 15) is 4.79 Å². The summed E-state index contributed by atoms with van der Waals surface area (Å²) in [6.45, 7) is 3.72. The molecule has 7 heteroatoms. The zero-order valence-electron chi connectivity index (χ0n) is 18.5. The Balaban J connectivity index is 1.56. The lowest BCUT2D eigenvalue weighted by Crippen LogP contribution is -2.13. The average molecular weight is 459 g/mol. The topological polar surface area (TPSA) is 76.1 Å². The normalized spacial score (nSPS) is 10.5. The molecule has 0 aliphatic rings. The van der Waals surface area contributed by atoms with E-state index in [0.29, 0.717) is 33.7 Å². The highest BCUT2D eigenvalue weighted by Gasteiger charge is 2.13. The average Bonchev–Trinajstić information content (AvgIpc) is 2.81. The lowest BCUT2D eigenvalue weighted by Gasteiger charge is -2.13. The lowest BCUT2D eigenvalue weighted by atomic mass is 10.1. The third-order valence-electron chi connectivity index (χ3n) is 5.03. The van der Waals surface area contributed by atoms with E-state index in [1.54, 1.807) is 24.3 Å². The first-order chi connectivity index (χ1) is 15.9. The van der Waals surface area contributed by atoms with Crippen LogP contribution < -0.4 is 15.4 Å². The molecule has 0 aliphatic carbocycles. The monoisotopic (exact) mass is 458 g/mol. The van der Waals surface area contributed by atoms with Crippen molar-refractivity contribution in [3.05, 3.63) is 94.8 Å². The van der Waals surface area contributed by atoms with E-state index >= 15 is 0 Å². The van der Waals surface area contributed by atoms with Gasteiger partial charge in [-0.3, -0.25) is 4.79 Å². The van der Waals surface area contributed by atoms with Crippen LogP contribution in [-0.4, -0.2) is 23.0 Å². The molecule has 4 rings (SSSR count). The van der Waals surface area contributed by atoms with Crippen molar-refractivity contribution in [2.75, 3.05) is 17.7 Å². The number of carbonyl (C=O) groups excluding carboxylic acids is 1. The smallest absolute Gasteiger partial charge is 0.255 e. The molecule has 0 atom stereocenters. The zero-order valence-corrected chi connectivity index (χ0v) is 19.3. The largest absolute Gasteiger partial charge is 0.495 e. The standard InChI is InChI=1S/C26H23ClN4O2/c1-16-12-23(24(33-3)14-21(16)27)31-26(32)19-10-7-11-20(13-19)30-25-15-22(28-17(2)29-25)18-8-5-4-6-9-18/h4-15H,1-3H3,(H,31,32)(H,28,29,30). The second kappa shape index (κ2) is 9.71. The Morgan fingerprint density at radius 2 is 1.73 bits per heavy atom.